The molecule has 0 amide bonds. The molecule has 3 N–H and O–H groups in total. The van der Waals surface area contributed by atoms with E-state index in [1.807, 2.05) is 0 Å². The van der Waals surface area contributed by atoms with Crippen LogP contribution in [0.2, 0.25) is 0 Å². The molecule has 1 aliphatic rings. The molecule has 0 aromatic carbocycles. The molecule has 1 saturated carbocycles. The number of hydrogen-bond donors (Lipinski definition) is 2. The van der Waals surface area contributed by atoms with E-state index in [9.17, 15) is 0 Å². The minimum atomic E-state index is 0.478. The first kappa shape index (κ1) is 9.24. The maximum Gasteiger partial charge on any atom is 0.147 e. The van der Waals surface area contributed by atoms with Gasteiger partial charge in [0.25, 0.3) is 0 Å². The Morgan fingerprint density at radius 1 is 1.21 bits per heavy atom. The Kier molecular flexibility index (Phi) is 2.81. The molecule has 2 rings (SSSR count). The highest BCUT2D eigenvalue weighted by Crippen LogP contribution is 2.20. The molecule has 0 atom stereocenters. The summed E-state index contributed by atoms with van der Waals surface area (Å²) in [6, 6.07) is 0.555. The summed E-state index contributed by atoms with van der Waals surface area (Å²) in [5.41, 5.74) is 5.55. The Morgan fingerprint density at radius 3 is 2.71 bits per heavy atom. The Labute approximate surface area is 83.9 Å². The Morgan fingerprint density at radius 2 is 2.00 bits per heavy atom. The van der Waals surface area contributed by atoms with E-state index in [-0.39, 0.29) is 0 Å². The molecule has 1 aromatic heterocycles. The van der Waals surface area contributed by atoms with E-state index in [0.717, 1.165) is 5.82 Å². The van der Waals surface area contributed by atoms with Crippen LogP contribution in [0.25, 0.3) is 0 Å². The summed E-state index contributed by atoms with van der Waals surface area (Å²) in [5.74, 6) is 1.28. The second-order valence-corrected chi connectivity index (χ2v) is 3.81. The molecule has 0 bridgehead atoms. The monoisotopic (exact) mass is 192 g/mol. The van der Waals surface area contributed by atoms with Crippen molar-refractivity contribution < 1.29 is 0 Å². The van der Waals surface area contributed by atoms with Gasteiger partial charge in [-0.15, -0.1) is 0 Å². The SMILES string of the molecule is Nc1cncc(NC2CCCCC2)n1. The molecule has 0 radical (unpaired) electrons. The first-order chi connectivity index (χ1) is 6.84. The summed E-state index contributed by atoms with van der Waals surface area (Å²) >= 11 is 0. The van der Waals surface area contributed by atoms with Gasteiger partial charge in [0.1, 0.15) is 11.6 Å². The summed E-state index contributed by atoms with van der Waals surface area (Å²) in [7, 11) is 0. The van der Waals surface area contributed by atoms with E-state index >= 15 is 0 Å². The van der Waals surface area contributed by atoms with Crippen LogP contribution < -0.4 is 11.1 Å². The third kappa shape index (κ3) is 2.34. The van der Waals surface area contributed by atoms with Crippen molar-refractivity contribution in [3.63, 3.8) is 0 Å². The standard InChI is InChI=1S/C10H16N4/c11-9-6-12-7-10(14-9)13-8-4-2-1-3-5-8/h6-8H,1-5H2,(H3,11,13,14). The minimum Gasteiger partial charge on any atom is -0.382 e. The average Bonchev–Trinajstić information content (AvgIpc) is 2.19. The largest absolute Gasteiger partial charge is 0.382 e. The second-order valence-electron chi connectivity index (χ2n) is 3.81. The van der Waals surface area contributed by atoms with E-state index in [1.165, 1.54) is 32.1 Å². The van der Waals surface area contributed by atoms with E-state index in [0.29, 0.717) is 11.9 Å². The van der Waals surface area contributed by atoms with Gasteiger partial charge in [-0.3, -0.25) is 4.98 Å². The van der Waals surface area contributed by atoms with E-state index in [4.69, 9.17) is 5.73 Å². The lowest BCUT2D eigenvalue weighted by atomic mass is 9.96. The van der Waals surface area contributed by atoms with Crippen molar-refractivity contribution in [1.29, 1.82) is 0 Å². The fourth-order valence-corrected chi connectivity index (χ4v) is 1.91. The minimum absolute atomic E-state index is 0.478. The highest BCUT2D eigenvalue weighted by molar-refractivity contribution is 5.39. The first-order valence-corrected chi connectivity index (χ1v) is 5.18. The second kappa shape index (κ2) is 4.26. The van der Waals surface area contributed by atoms with Crippen molar-refractivity contribution in [2.45, 2.75) is 38.1 Å². The molecule has 1 aliphatic carbocycles. The van der Waals surface area contributed by atoms with Gasteiger partial charge in [0, 0.05) is 6.04 Å². The summed E-state index contributed by atoms with van der Waals surface area (Å²) in [5, 5.41) is 3.37. The van der Waals surface area contributed by atoms with Gasteiger partial charge in [-0.05, 0) is 12.8 Å². The number of rotatable bonds is 2. The van der Waals surface area contributed by atoms with Gasteiger partial charge < -0.3 is 11.1 Å². The van der Waals surface area contributed by atoms with Crippen LogP contribution in [0, 0.1) is 0 Å². The zero-order valence-electron chi connectivity index (χ0n) is 8.24. The molecule has 1 aromatic rings. The Balaban J connectivity index is 1.95. The van der Waals surface area contributed by atoms with Gasteiger partial charge in [-0.25, -0.2) is 4.98 Å². The fraction of sp³-hybridized carbons (Fsp3) is 0.600. The third-order valence-electron chi connectivity index (χ3n) is 2.61. The maximum absolute atomic E-state index is 5.55. The highest BCUT2D eigenvalue weighted by Gasteiger charge is 2.13. The lowest BCUT2D eigenvalue weighted by molar-refractivity contribution is 0.462. The molecular weight excluding hydrogens is 176 g/mol. The van der Waals surface area contributed by atoms with Crippen LogP contribution >= 0.6 is 0 Å². The first-order valence-electron chi connectivity index (χ1n) is 5.18. The maximum atomic E-state index is 5.55. The molecule has 14 heavy (non-hydrogen) atoms. The third-order valence-corrected chi connectivity index (χ3v) is 2.61. The zero-order valence-corrected chi connectivity index (χ0v) is 8.24. The van der Waals surface area contributed by atoms with Crippen molar-refractivity contribution in [2.75, 3.05) is 11.1 Å². The van der Waals surface area contributed by atoms with Crippen molar-refractivity contribution in [3.8, 4) is 0 Å². The fourth-order valence-electron chi connectivity index (χ4n) is 1.91. The summed E-state index contributed by atoms with van der Waals surface area (Å²) in [6.45, 7) is 0. The normalized spacial score (nSPS) is 18.0. The van der Waals surface area contributed by atoms with Crippen molar-refractivity contribution >= 4 is 11.6 Å². The van der Waals surface area contributed by atoms with E-state index in [2.05, 4.69) is 15.3 Å². The van der Waals surface area contributed by atoms with Crippen LogP contribution in [0.1, 0.15) is 32.1 Å². The lowest BCUT2D eigenvalue weighted by Crippen LogP contribution is -2.23. The molecule has 0 unspecified atom stereocenters. The molecule has 0 aliphatic heterocycles. The molecule has 76 valence electrons. The number of nitrogens with one attached hydrogen (secondary N) is 1. The number of nitrogens with two attached hydrogens (primary N) is 1. The number of hydrogen-bond acceptors (Lipinski definition) is 4. The van der Waals surface area contributed by atoms with Gasteiger partial charge in [-0.1, -0.05) is 19.3 Å². The summed E-state index contributed by atoms with van der Waals surface area (Å²) < 4.78 is 0. The van der Waals surface area contributed by atoms with Gasteiger partial charge in [0.15, 0.2) is 0 Å². The Bertz CT molecular complexity index is 294. The van der Waals surface area contributed by atoms with Crippen LogP contribution in [0.3, 0.4) is 0 Å². The number of anilines is 2. The van der Waals surface area contributed by atoms with Gasteiger partial charge in [0.2, 0.25) is 0 Å². The molecule has 4 heteroatoms. The van der Waals surface area contributed by atoms with Gasteiger partial charge in [0.05, 0.1) is 12.4 Å². The molecule has 1 heterocycles. The predicted octanol–water partition coefficient (Wildman–Crippen LogP) is 1.80. The van der Waals surface area contributed by atoms with Crippen LogP contribution in [0.15, 0.2) is 12.4 Å². The van der Waals surface area contributed by atoms with Crippen molar-refractivity contribution in [3.05, 3.63) is 12.4 Å². The van der Waals surface area contributed by atoms with Crippen molar-refractivity contribution in [1.82, 2.24) is 9.97 Å². The van der Waals surface area contributed by atoms with Crippen LogP contribution in [-0.4, -0.2) is 16.0 Å². The molecule has 0 saturated heterocycles. The van der Waals surface area contributed by atoms with Gasteiger partial charge >= 0.3 is 0 Å². The highest BCUT2D eigenvalue weighted by atomic mass is 15.1. The van der Waals surface area contributed by atoms with Crippen LogP contribution in [-0.2, 0) is 0 Å². The number of nitrogens with zero attached hydrogens (tertiary/aromatic N) is 2. The molecule has 4 nitrogen and oxygen atoms in total. The topological polar surface area (TPSA) is 63.8 Å². The zero-order chi connectivity index (χ0) is 9.80. The van der Waals surface area contributed by atoms with Gasteiger partial charge in [-0.2, -0.15) is 0 Å². The quantitative estimate of drug-likeness (QED) is 0.750. The smallest absolute Gasteiger partial charge is 0.147 e. The summed E-state index contributed by atoms with van der Waals surface area (Å²) in [4.78, 5) is 8.17. The summed E-state index contributed by atoms with van der Waals surface area (Å²) in [6.07, 6.45) is 9.74. The molecule has 1 fully saturated rings. The molecule has 0 spiro atoms. The Hall–Kier alpha value is -1.32. The number of nitrogen functional groups attached to an aromatic ring is 1. The van der Waals surface area contributed by atoms with Crippen LogP contribution in [0.4, 0.5) is 11.6 Å². The molecular formula is C10H16N4. The van der Waals surface area contributed by atoms with Crippen LogP contribution in [0.5, 0.6) is 0 Å². The lowest BCUT2D eigenvalue weighted by Gasteiger charge is -2.22. The predicted molar refractivity (Wildman–Crippen MR) is 56.9 cm³/mol. The van der Waals surface area contributed by atoms with E-state index < -0.39 is 0 Å². The number of aromatic nitrogens is 2. The average molecular weight is 192 g/mol. The van der Waals surface area contributed by atoms with Crippen molar-refractivity contribution in [2.24, 2.45) is 0 Å². The van der Waals surface area contributed by atoms with E-state index in [1.54, 1.807) is 12.4 Å².